The van der Waals surface area contributed by atoms with Crippen LogP contribution in [-0.4, -0.2) is 53.1 Å². The fraction of sp³-hybridized carbons (Fsp3) is 0.265. The normalized spacial score (nSPS) is 11.0. The number of carboxylic acids is 1. The second-order valence-corrected chi connectivity index (χ2v) is 10.7. The largest absolute Gasteiger partial charge is 0.478 e. The molecular formula is C34H39N5O2. The lowest BCUT2D eigenvalue weighted by Crippen LogP contribution is -2.17. The number of aromatic nitrogens is 2. The van der Waals surface area contributed by atoms with Crippen molar-refractivity contribution in [2.45, 2.75) is 34.1 Å². The molecule has 0 aliphatic carbocycles. The zero-order valence-electron chi connectivity index (χ0n) is 24.7. The van der Waals surface area contributed by atoms with Gasteiger partial charge in [-0.15, -0.1) is 0 Å². The third-order valence-electron chi connectivity index (χ3n) is 7.49. The van der Waals surface area contributed by atoms with Crippen LogP contribution in [0.2, 0.25) is 0 Å². The van der Waals surface area contributed by atoms with Crippen molar-refractivity contribution in [1.29, 1.82) is 0 Å². The van der Waals surface area contributed by atoms with Gasteiger partial charge in [0.05, 0.1) is 11.1 Å². The molecule has 0 unspecified atom stereocenters. The smallest absolute Gasteiger partial charge is 0.337 e. The van der Waals surface area contributed by atoms with Crippen LogP contribution in [0.15, 0.2) is 66.7 Å². The number of benzene rings is 4. The number of nitrogens with zero attached hydrogens (tertiary/aromatic N) is 3. The highest BCUT2D eigenvalue weighted by Gasteiger charge is 2.13. The maximum Gasteiger partial charge on any atom is 0.337 e. The topological polar surface area (TPSA) is 104 Å². The van der Waals surface area contributed by atoms with Gasteiger partial charge in [-0.1, -0.05) is 48.5 Å². The highest BCUT2D eigenvalue weighted by atomic mass is 16.4. The van der Waals surface area contributed by atoms with Gasteiger partial charge in [-0.2, -0.15) is 0 Å². The van der Waals surface area contributed by atoms with E-state index in [4.69, 9.17) is 20.8 Å². The number of fused-ring (bicyclic) bond motifs is 2. The van der Waals surface area contributed by atoms with Crippen LogP contribution in [-0.2, 0) is 0 Å². The van der Waals surface area contributed by atoms with Crippen molar-refractivity contribution in [1.82, 2.24) is 14.9 Å². The van der Waals surface area contributed by atoms with E-state index in [1.165, 1.54) is 28.0 Å². The lowest BCUT2D eigenvalue weighted by molar-refractivity contribution is 0.0698. The van der Waals surface area contributed by atoms with E-state index < -0.39 is 5.97 Å². The molecule has 0 saturated carbocycles. The predicted molar refractivity (Wildman–Crippen MR) is 171 cm³/mol. The zero-order chi connectivity index (χ0) is 29.7. The quantitative estimate of drug-likeness (QED) is 0.148. The number of anilines is 2. The van der Waals surface area contributed by atoms with Crippen LogP contribution in [0.25, 0.3) is 33.1 Å². The Morgan fingerprint density at radius 2 is 1.56 bits per heavy atom. The summed E-state index contributed by atoms with van der Waals surface area (Å²) in [6.07, 6.45) is 1.06. The van der Waals surface area contributed by atoms with Gasteiger partial charge >= 0.3 is 5.97 Å². The first-order valence-corrected chi connectivity index (χ1v) is 13.8. The Bertz CT molecular complexity index is 1710. The van der Waals surface area contributed by atoms with Crippen molar-refractivity contribution < 1.29 is 9.90 Å². The first-order valence-electron chi connectivity index (χ1n) is 13.8. The van der Waals surface area contributed by atoms with E-state index in [1.54, 1.807) is 6.07 Å². The summed E-state index contributed by atoms with van der Waals surface area (Å²) in [6.45, 7) is 9.93. The van der Waals surface area contributed by atoms with Gasteiger partial charge in [0.2, 0.25) is 0 Å². The summed E-state index contributed by atoms with van der Waals surface area (Å²) in [6, 6.07) is 22.4. The second kappa shape index (κ2) is 12.8. The molecule has 0 aliphatic rings. The monoisotopic (exact) mass is 549 g/mol. The molecule has 0 atom stereocenters. The van der Waals surface area contributed by atoms with E-state index in [0.29, 0.717) is 5.69 Å². The fourth-order valence-corrected chi connectivity index (χ4v) is 4.65. The number of nitrogen functional groups attached to an aromatic ring is 1. The predicted octanol–water partition coefficient (Wildman–Crippen LogP) is 7.01. The van der Waals surface area contributed by atoms with Crippen LogP contribution in [0.5, 0.6) is 0 Å². The first-order chi connectivity index (χ1) is 19.6. The van der Waals surface area contributed by atoms with E-state index >= 15 is 0 Å². The van der Waals surface area contributed by atoms with Crippen molar-refractivity contribution in [2.75, 3.05) is 38.2 Å². The number of hydrogen-bond donors (Lipinski definition) is 3. The van der Waals surface area contributed by atoms with Gasteiger partial charge in [0.25, 0.3) is 0 Å². The number of nitrogens with one attached hydrogen (secondary N) is 1. The molecule has 41 heavy (non-hydrogen) atoms. The van der Waals surface area contributed by atoms with E-state index in [0.717, 1.165) is 58.7 Å². The van der Waals surface area contributed by atoms with Crippen molar-refractivity contribution in [3.8, 4) is 11.4 Å². The summed E-state index contributed by atoms with van der Waals surface area (Å²) in [5.74, 6) is 0.711. The molecule has 212 valence electrons. The molecular weight excluding hydrogens is 510 g/mol. The highest BCUT2D eigenvalue weighted by Crippen LogP contribution is 2.30. The molecule has 0 aliphatic heterocycles. The average molecular weight is 550 g/mol. The maximum absolute atomic E-state index is 10.6. The standard InChI is InChI=1S/C25H28N4.C9H11NO2/c1-17-10-13-22-23(18(17)2)27-24(28-25(22)26-14-7-15-29(3)4)21-12-11-19-8-5-6-9-20(19)16-21;1-5-3-4-7(9(11)12)8(10)6(5)2/h5-6,8-13,16H,7,14-15H2,1-4H3,(H,26,27,28);3-4H,10H2,1-2H3,(H,11,12). The number of rotatable bonds is 7. The Kier molecular flexibility index (Phi) is 9.20. The lowest BCUT2D eigenvalue weighted by atomic mass is 10.0. The van der Waals surface area contributed by atoms with E-state index in [-0.39, 0.29) is 5.56 Å². The van der Waals surface area contributed by atoms with Crippen molar-refractivity contribution in [3.05, 3.63) is 94.5 Å². The van der Waals surface area contributed by atoms with Gasteiger partial charge in [0.1, 0.15) is 5.82 Å². The number of nitrogens with two attached hydrogens (primary N) is 1. The molecule has 5 rings (SSSR count). The van der Waals surface area contributed by atoms with Crippen LogP contribution in [0.1, 0.15) is 39.0 Å². The Hall–Kier alpha value is -4.49. The second-order valence-electron chi connectivity index (χ2n) is 10.7. The van der Waals surface area contributed by atoms with Crippen molar-refractivity contribution in [3.63, 3.8) is 0 Å². The molecule has 1 aromatic heterocycles. The fourth-order valence-electron chi connectivity index (χ4n) is 4.65. The third kappa shape index (κ3) is 6.81. The van der Waals surface area contributed by atoms with Gasteiger partial charge in [0, 0.05) is 23.2 Å². The highest BCUT2D eigenvalue weighted by molar-refractivity contribution is 5.95. The Labute approximate surface area is 242 Å². The van der Waals surface area contributed by atoms with Crippen LogP contribution in [0, 0.1) is 27.7 Å². The van der Waals surface area contributed by atoms with Crippen LogP contribution in [0.4, 0.5) is 11.5 Å². The van der Waals surface area contributed by atoms with Crippen LogP contribution < -0.4 is 11.1 Å². The molecule has 0 bridgehead atoms. The number of hydrogen-bond acceptors (Lipinski definition) is 6. The van der Waals surface area contributed by atoms with Crippen LogP contribution in [0.3, 0.4) is 0 Å². The summed E-state index contributed by atoms with van der Waals surface area (Å²) in [7, 11) is 4.20. The van der Waals surface area contributed by atoms with Gasteiger partial charge in [-0.05, 0) is 106 Å². The average Bonchev–Trinajstić information content (AvgIpc) is 2.95. The molecule has 7 nitrogen and oxygen atoms in total. The minimum absolute atomic E-state index is 0.179. The molecule has 7 heteroatoms. The Morgan fingerprint density at radius 1 is 0.878 bits per heavy atom. The number of carboxylic acid groups (broad SMARTS) is 1. The van der Waals surface area contributed by atoms with E-state index in [9.17, 15) is 4.79 Å². The molecule has 1 heterocycles. The maximum atomic E-state index is 10.6. The van der Waals surface area contributed by atoms with Gasteiger partial charge in [-0.3, -0.25) is 0 Å². The third-order valence-corrected chi connectivity index (χ3v) is 7.49. The molecule has 5 aromatic rings. The Balaban J connectivity index is 0.000000271. The van der Waals surface area contributed by atoms with Crippen LogP contribution >= 0.6 is 0 Å². The molecule has 0 radical (unpaired) electrons. The van der Waals surface area contributed by atoms with Gasteiger partial charge < -0.3 is 21.1 Å². The minimum Gasteiger partial charge on any atom is -0.478 e. The molecule has 0 saturated heterocycles. The van der Waals surface area contributed by atoms with Crippen molar-refractivity contribution in [2.24, 2.45) is 0 Å². The molecule has 0 amide bonds. The zero-order valence-corrected chi connectivity index (χ0v) is 24.7. The number of carbonyl (C=O) groups is 1. The lowest BCUT2D eigenvalue weighted by Gasteiger charge is -2.15. The molecule has 0 fully saturated rings. The summed E-state index contributed by atoms with van der Waals surface area (Å²) >= 11 is 0. The van der Waals surface area contributed by atoms with E-state index in [1.807, 2.05) is 13.8 Å². The number of aryl methyl sites for hydroxylation is 3. The summed E-state index contributed by atoms with van der Waals surface area (Å²) in [5, 5.41) is 15.8. The molecule has 4 N–H and O–H groups in total. The summed E-state index contributed by atoms with van der Waals surface area (Å²) < 4.78 is 0. The van der Waals surface area contributed by atoms with E-state index in [2.05, 4.69) is 92.8 Å². The number of aromatic carboxylic acids is 1. The summed E-state index contributed by atoms with van der Waals surface area (Å²) in [4.78, 5) is 22.7. The first kappa shape index (κ1) is 29.5. The van der Waals surface area contributed by atoms with Crippen molar-refractivity contribution >= 4 is 39.1 Å². The molecule has 0 spiro atoms. The Morgan fingerprint density at radius 3 is 2.27 bits per heavy atom. The van der Waals surface area contributed by atoms with Gasteiger partial charge in [0.15, 0.2) is 5.82 Å². The SMILES string of the molecule is Cc1ccc(C(=O)O)c(N)c1C.Cc1ccc2c(NCCCN(C)C)nc(-c3ccc4ccccc4c3)nc2c1C. The minimum atomic E-state index is -0.976. The summed E-state index contributed by atoms with van der Waals surface area (Å²) in [5.41, 5.74) is 12.5. The van der Waals surface area contributed by atoms with Gasteiger partial charge in [-0.25, -0.2) is 14.8 Å². The molecule has 4 aromatic carbocycles.